The van der Waals surface area contributed by atoms with Crippen LogP contribution in [0.5, 0.6) is 34.5 Å². The van der Waals surface area contributed by atoms with Gasteiger partial charge >= 0.3 is 5.97 Å². The molecule has 4 rings (SSSR count). The molecule has 1 aliphatic heterocycles. The lowest BCUT2D eigenvalue weighted by Crippen LogP contribution is -2.34. The van der Waals surface area contributed by atoms with Gasteiger partial charge in [0.25, 0.3) is 0 Å². The Hall–Kier alpha value is -4.07. The summed E-state index contributed by atoms with van der Waals surface area (Å²) in [6, 6.07) is 14.7. The molecule has 0 amide bonds. The zero-order valence-corrected chi connectivity index (χ0v) is 18.4. The van der Waals surface area contributed by atoms with Crippen LogP contribution in [-0.2, 0) is 11.2 Å². The maximum Gasteiger partial charge on any atom is 0.338 e. The predicted molar refractivity (Wildman–Crippen MR) is 119 cm³/mol. The van der Waals surface area contributed by atoms with Crippen molar-refractivity contribution >= 4 is 5.97 Å². The summed E-state index contributed by atoms with van der Waals surface area (Å²) in [6.07, 6.45) is -1.40. The van der Waals surface area contributed by atoms with Crippen molar-refractivity contribution in [1.29, 1.82) is 0 Å². The summed E-state index contributed by atoms with van der Waals surface area (Å²) in [5.74, 6) is 0.708. The maximum absolute atomic E-state index is 12.8. The van der Waals surface area contributed by atoms with Crippen LogP contribution in [0.1, 0.15) is 27.6 Å². The van der Waals surface area contributed by atoms with E-state index in [0.717, 1.165) is 0 Å². The molecule has 172 valence electrons. The first kappa shape index (κ1) is 22.1. The Morgan fingerprint density at radius 3 is 2.21 bits per heavy atom. The third-order valence-electron chi connectivity index (χ3n) is 5.45. The van der Waals surface area contributed by atoms with E-state index < -0.39 is 18.2 Å². The molecule has 2 atom stereocenters. The molecule has 0 bridgehead atoms. The van der Waals surface area contributed by atoms with Crippen molar-refractivity contribution < 1.29 is 38.7 Å². The smallest absolute Gasteiger partial charge is 0.338 e. The average molecular weight is 452 g/mol. The highest BCUT2D eigenvalue weighted by Crippen LogP contribution is 2.46. The van der Waals surface area contributed by atoms with E-state index in [1.807, 2.05) is 0 Å². The zero-order valence-electron chi connectivity index (χ0n) is 18.4. The van der Waals surface area contributed by atoms with Gasteiger partial charge in [0.1, 0.15) is 23.4 Å². The van der Waals surface area contributed by atoms with E-state index in [9.17, 15) is 15.0 Å². The molecule has 0 aromatic heterocycles. The Kier molecular flexibility index (Phi) is 6.17. The highest BCUT2D eigenvalue weighted by molar-refractivity contribution is 5.89. The summed E-state index contributed by atoms with van der Waals surface area (Å²) in [5, 5.41) is 20.3. The Morgan fingerprint density at radius 1 is 0.939 bits per heavy atom. The van der Waals surface area contributed by atoms with Crippen LogP contribution in [0.4, 0.5) is 0 Å². The fourth-order valence-corrected chi connectivity index (χ4v) is 3.88. The minimum atomic E-state index is -0.788. The third-order valence-corrected chi connectivity index (χ3v) is 5.45. The SMILES string of the molecule is COc1cc([C@H]2Oc3cc(O)cc(O)c3C[C@H]2OC(=O)c2ccccc2)cc(OC)c1OC. The van der Waals surface area contributed by atoms with Crippen LogP contribution < -0.4 is 18.9 Å². The summed E-state index contributed by atoms with van der Waals surface area (Å²) in [5.41, 5.74) is 1.42. The van der Waals surface area contributed by atoms with Gasteiger partial charge in [-0.15, -0.1) is 0 Å². The van der Waals surface area contributed by atoms with Crippen molar-refractivity contribution in [3.63, 3.8) is 0 Å². The minimum absolute atomic E-state index is 0.144. The minimum Gasteiger partial charge on any atom is -0.508 e. The van der Waals surface area contributed by atoms with E-state index in [0.29, 0.717) is 39.7 Å². The van der Waals surface area contributed by atoms with E-state index in [2.05, 4.69) is 0 Å². The number of rotatable bonds is 6. The first-order chi connectivity index (χ1) is 15.9. The van der Waals surface area contributed by atoms with Gasteiger partial charge in [0.05, 0.1) is 26.9 Å². The van der Waals surface area contributed by atoms with Crippen LogP contribution in [-0.4, -0.2) is 43.6 Å². The molecular formula is C25H24O8. The van der Waals surface area contributed by atoms with Crippen molar-refractivity contribution in [3.8, 4) is 34.5 Å². The lowest BCUT2D eigenvalue weighted by molar-refractivity contribution is -0.0189. The second-order valence-electron chi connectivity index (χ2n) is 7.45. The molecule has 33 heavy (non-hydrogen) atoms. The van der Waals surface area contributed by atoms with E-state index in [1.165, 1.54) is 33.5 Å². The summed E-state index contributed by atoms with van der Waals surface area (Å²) < 4.78 is 28.3. The standard InChI is InChI=1S/C25H24O8/c1-29-20-9-15(10-21(30-2)24(20)31-3)23-22(33-25(28)14-7-5-4-6-8-14)13-17-18(27)11-16(26)12-19(17)32-23/h4-12,22-23,26-27H,13H2,1-3H3/t22-,23-/m1/s1. The number of phenolic OH excluding ortho intramolecular Hbond substituents is 2. The normalized spacial score (nSPS) is 16.8. The van der Waals surface area contributed by atoms with Gasteiger partial charge in [0, 0.05) is 29.7 Å². The monoisotopic (exact) mass is 452 g/mol. The number of hydrogen-bond donors (Lipinski definition) is 2. The number of phenols is 2. The number of hydrogen-bond acceptors (Lipinski definition) is 8. The zero-order chi connectivity index (χ0) is 23.5. The molecule has 2 N–H and O–H groups in total. The number of carbonyl (C=O) groups is 1. The van der Waals surface area contributed by atoms with Crippen LogP contribution in [0.15, 0.2) is 54.6 Å². The number of carbonyl (C=O) groups excluding carboxylic acids is 1. The number of ether oxygens (including phenoxy) is 5. The van der Waals surface area contributed by atoms with Crippen LogP contribution in [0.2, 0.25) is 0 Å². The molecule has 8 nitrogen and oxygen atoms in total. The van der Waals surface area contributed by atoms with Gasteiger partial charge in [0.15, 0.2) is 17.6 Å². The van der Waals surface area contributed by atoms with Crippen molar-refractivity contribution in [2.75, 3.05) is 21.3 Å². The van der Waals surface area contributed by atoms with E-state index in [4.69, 9.17) is 23.7 Å². The molecule has 0 saturated carbocycles. The van der Waals surface area contributed by atoms with Gasteiger partial charge in [-0.1, -0.05) is 18.2 Å². The Labute approximate surface area is 190 Å². The molecule has 1 heterocycles. The van der Waals surface area contributed by atoms with Crippen molar-refractivity contribution in [2.45, 2.75) is 18.6 Å². The fourth-order valence-electron chi connectivity index (χ4n) is 3.88. The first-order valence-electron chi connectivity index (χ1n) is 10.2. The highest BCUT2D eigenvalue weighted by Gasteiger charge is 2.37. The lowest BCUT2D eigenvalue weighted by atomic mass is 9.93. The summed E-state index contributed by atoms with van der Waals surface area (Å²) in [4.78, 5) is 12.8. The topological polar surface area (TPSA) is 104 Å². The molecular weight excluding hydrogens is 428 g/mol. The molecule has 1 aliphatic rings. The second kappa shape index (κ2) is 9.20. The van der Waals surface area contributed by atoms with Gasteiger partial charge in [0.2, 0.25) is 5.75 Å². The molecule has 3 aromatic rings. The molecule has 0 fully saturated rings. The average Bonchev–Trinajstić information content (AvgIpc) is 2.83. The quantitative estimate of drug-likeness (QED) is 0.541. The van der Waals surface area contributed by atoms with Crippen LogP contribution in [0, 0.1) is 0 Å². The Morgan fingerprint density at radius 2 is 1.61 bits per heavy atom. The molecule has 8 heteroatoms. The highest BCUT2D eigenvalue weighted by atomic mass is 16.6. The first-order valence-corrected chi connectivity index (χ1v) is 10.2. The molecule has 0 spiro atoms. The van der Waals surface area contributed by atoms with Gasteiger partial charge in [-0.25, -0.2) is 4.79 Å². The summed E-state index contributed by atoms with van der Waals surface area (Å²) in [7, 11) is 4.51. The van der Waals surface area contributed by atoms with E-state index >= 15 is 0 Å². The molecule has 0 radical (unpaired) electrons. The number of esters is 1. The van der Waals surface area contributed by atoms with Gasteiger partial charge in [-0.3, -0.25) is 0 Å². The van der Waals surface area contributed by atoms with E-state index in [-0.39, 0.29) is 17.9 Å². The van der Waals surface area contributed by atoms with Crippen LogP contribution in [0.3, 0.4) is 0 Å². The Balaban J connectivity index is 1.78. The van der Waals surface area contributed by atoms with Gasteiger partial charge in [-0.2, -0.15) is 0 Å². The van der Waals surface area contributed by atoms with Crippen LogP contribution in [0.25, 0.3) is 0 Å². The second-order valence-corrected chi connectivity index (χ2v) is 7.45. The van der Waals surface area contributed by atoms with Crippen molar-refractivity contribution in [3.05, 3.63) is 71.3 Å². The summed E-state index contributed by atoms with van der Waals surface area (Å²) in [6.45, 7) is 0. The third kappa shape index (κ3) is 4.32. The van der Waals surface area contributed by atoms with Crippen molar-refractivity contribution in [2.24, 2.45) is 0 Å². The van der Waals surface area contributed by atoms with E-state index in [1.54, 1.807) is 42.5 Å². The predicted octanol–water partition coefficient (Wildman–Crippen LogP) is 4.03. The molecule has 3 aromatic carbocycles. The Bertz CT molecular complexity index is 1130. The molecule has 0 unspecified atom stereocenters. The van der Waals surface area contributed by atoms with Crippen LogP contribution >= 0.6 is 0 Å². The fraction of sp³-hybridized carbons (Fsp3) is 0.240. The van der Waals surface area contributed by atoms with Gasteiger partial charge in [-0.05, 0) is 24.3 Å². The summed E-state index contributed by atoms with van der Waals surface area (Å²) >= 11 is 0. The molecule has 0 saturated heterocycles. The lowest BCUT2D eigenvalue weighted by Gasteiger charge is -2.34. The van der Waals surface area contributed by atoms with Gasteiger partial charge < -0.3 is 33.9 Å². The number of benzene rings is 3. The largest absolute Gasteiger partial charge is 0.508 e. The number of aromatic hydroxyl groups is 2. The number of fused-ring (bicyclic) bond motifs is 1. The number of methoxy groups -OCH3 is 3. The molecule has 0 aliphatic carbocycles. The van der Waals surface area contributed by atoms with Crippen molar-refractivity contribution in [1.82, 2.24) is 0 Å². The maximum atomic E-state index is 12.8.